The van der Waals surface area contributed by atoms with Crippen molar-refractivity contribution in [1.82, 2.24) is 4.98 Å². The lowest BCUT2D eigenvalue weighted by Crippen LogP contribution is -2.32. The molecule has 0 aliphatic rings. The molecule has 0 aliphatic carbocycles. The molecule has 6 heteroatoms. The molecule has 5 nitrogen and oxygen atoms in total. The molecule has 0 fully saturated rings. The molecular formula is C21H21FN2O3. The van der Waals surface area contributed by atoms with Gasteiger partial charge in [-0.3, -0.25) is 9.78 Å². The second-order valence-electron chi connectivity index (χ2n) is 5.88. The first-order valence-electron chi connectivity index (χ1n) is 8.86. The van der Waals surface area contributed by atoms with Gasteiger partial charge < -0.3 is 14.8 Å². The van der Waals surface area contributed by atoms with E-state index in [-0.39, 0.29) is 11.7 Å². The molecule has 1 N–H and O–H groups in total. The molecule has 0 bridgehead atoms. The summed E-state index contributed by atoms with van der Waals surface area (Å²) in [5, 5.41) is 3.62. The zero-order valence-electron chi connectivity index (χ0n) is 15.2. The van der Waals surface area contributed by atoms with Crippen LogP contribution in [0.25, 0.3) is 10.9 Å². The van der Waals surface area contributed by atoms with Gasteiger partial charge in [-0.15, -0.1) is 0 Å². The number of nitrogens with zero attached hydrogens (tertiary/aromatic N) is 1. The largest absolute Gasteiger partial charge is 0.492 e. The van der Waals surface area contributed by atoms with Gasteiger partial charge in [0.15, 0.2) is 17.7 Å². The van der Waals surface area contributed by atoms with Gasteiger partial charge in [-0.05, 0) is 49.7 Å². The average Bonchev–Trinajstić information content (AvgIpc) is 2.69. The first-order valence-corrected chi connectivity index (χ1v) is 8.86. The number of nitrogens with one attached hydrogen (secondary N) is 1. The Morgan fingerprint density at radius 1 is 1.11 bits per heavy atom. The fourth-order valence-electron chi connectivity index (χ4n) is 2.76. The van der Waals surface area contributed by atoms with E-state index in [1.54, 1.807) is 36.5 Å². The topological polar surface area (TPSA) is 60.5 Å². The van der Waals surface area contributed by atoms with Crippen LogP contribution in [0.5, 0.6) is 11.5 Å². The molecule has 3 aromatic rings. The monoisotopic (exact) mass is 368 g/mol. The highest BCUT2D eigenvalue weighted by Gasteiger charge is 2.21. The lowest BCUT2D eigenvalue weighted by atomic mass is 10.1. The number of benzene rings is 2. The van der Waals surface area contributed by atoms with E-state index >= 15 is 0 Å². The van der Waals surface area contributed by atoms with Crippen LogP contribution in [0.3, 0.4) is 0 Å². The van der Waals surface area contributed by atoms with E-state index in [4.69, 9.17) is 9.47 Å². The quantitative estimate of drug-likeness (QED) is 0.664. The van der Waals surface area contributed by atoms with Gasteiger partial charge in [0, 0.05) is 11.6 Å². The number of amides is 1. The molecule has 1 amide bonds. The minimum atomic E-state index is -0.819. The molecule has 2 aromatic carbocycles. The summed E-state index contributed by atoms with van der Waals surface area (Å²) in [6.45, 7) is 4.23. The number of ether oxygens (including phenoxy) is 2. The maximum atomic E-state index is 13.8. The Labute approximate surface area is 157 Å². The predicted octanol–water partition coefficient (Wildman–Crippen LogP) is 4.57. The normalized spacial score (nSPS) is 11.8. The van der Waals surface area contributed by atoms with Crippen molar-refractivity contribution in [2.75, 3.05) is 11.9 Å². The van der Waals surface area contributed by atoms with Crippen molar-refractivity contribution in [3.05, 3.63) is 60.5 Å². The van der Waals surface area contributed by atoms with Crippen molar-refractivity contribution in [3.63, 3.8) is 0 Å². The van der Waals surface area contributed by atoms with Gasteiger partial charge in [-0.25, -0.2) is 4.39 Å². The molecule has 1 heterocycles. The average molecular weight is 368 g/mol. The van der Waals surface area contributed by atoms with Gasteiger partial charge in [-0.2, -0.15) is 0 Å². The molecule has 140 valence electrons. The SMILES string of the molecule is CCOc1ccc(NC(=O)C(CC)Oc2ccccc2F)c2cccnc12. The first kappa shape index (κ1) is 18.6. The van der Waals surface area contributed by atoms with Gasteiger partial charge in [-0.1, -0.05) is 19.1 Å². The van der Waals surface area contributed by atoms with Crippen molar-refractivity contribution < 1.29 is 18.7 Å². The van der Waals surface area contributed by atoms with E-state index in [9.17, 15) is 9.18 Å². The highest BCUT2D eigenvalue weighted by Crippen LogP contribution is 2.30. The second-order valence-corrected chi connectivity index (χ2v) is 5.88. The number of carbonyl (C=O) groups excluding carboxylic acids is 1. The minimum absolute atomic E-state index is 0.0534. The summed E-state index contributed by atoms with van der Waals surface area (Å²) in [5.74, 6) is -0.145. The Morgan fingerprint density at radius 2 is 1.93 bits per heavy atom. The maximum absolute atomic E-state index is 13.8. The van der Waals surface area contributed by atoms with Gasteiger partial charge in [0.25, 0.3) is 5.91 Å². The fourth-order valence-corrected chi connectivity index (χ4v) is 2.76. The Hall–Kier alpha value is -3.15. The number of fused-ring (bicyclic) bond motifs is 1. The third-order valence-corrected chi connectivity index (χ3v) is 4.06. The molecule has 0 saturated heterocycles. The van der Waals surface area contributed by atoms with Crippen molar-refractivity contribution >= 4 is 22.5 Å². The lowest BCUT2D eigenvalue weighted by Gasteiger charge is -2.18. The van der Waals surface area contributed by atoms with Crippen molar-refractivity contribution in [1.29, 1.82) is 0 Å². The predicted molar refractivity (Wildman–Crippen MR) is 103 cm³/mol. The van der Waals surface area contributed by atoms with E-state index in [1.165, 1.54) is 12.1 Å². The Kier molecular flexibility index (Phi) is 5.86. The Balaban J connectivity index is 1.84. The molecule has 0 spiro atoms. The summed E-state index contributed by atoms with van der Waals surface area (Å²) in [5.41, 5.74) is 1.27. The number of rotatable bonds is 7. The smallest absolute Gasteiger partial charge is 0.265 e. The third kappa shape index (κ3) is 4.16. The van der Waals surface area contributed by atoms with Gasteiger partial charge in [0.2, 0.25) is 0 Å². The first-order chi connectivity index (χ1) is 13.1. The molecule has 0 aliphatic heterocycles. The molecule has 0 saturated carbocycles. The standard InChI is InChI=1S/C21H21FN2O3/c1-3-17(27-18-10-6-5-9-15(18)22)21(25)24-16-11-12-19(26-4-2)20-14(16)8-7-13-23-20/h5-13,17H,3-4H2,1-2H3,(H,24,25). The highest BCUT2D eigenvalue weighted by atomic mass is 19.1. The zero-order chi connectivity index (χ0) is 19.2. The summed E-state index contributed by atoms with van der Waals surface area (Å²) < 4.78 is 25.0. The van der Waals surface area contributed by atoms with E-state index in [0.29, 0.717) is 30.0 Å². The van der Waals surface area contributed by atoms with Crippen LogP contribution in [-0.4, -0.2) is 23.6 Å². The molecule has 1 unspecified atom stereocenters. The second kappa shape index (κ2) is 8.49. The lowest BCUT2D eigenvalue weighted by molar-refractivity contribution is -0.122. The Morgan fingerprint density at radius 3 is 2.67 bits per heavy atom. The molecule has 1 aromatic heterocycles. The molecule has 0 radical (unpaired) electrons. The van der Waals surface area contributed by atoms with Crippen LogP contribution < -0.4 is 14.8 Å². The minimum Gasteiger partial charge on any atom is -0.492 e. The highest BCUT2D eigenvalue weighted by molar-refractivity contribution is 6.04. The van der Waals surface area contributed by atoms with Gasteiger partial charge >= 0.3 is 0 Å². The number of hydrogen-bond donors (Lipinski definition) is 1. The fraction of sp³-hybridized carbons (Fsp3) is 0.238. The maximum Gasteiger partial charge on any atom is 0.265 e. The van der Waals surface area contributed by atoms with Crippen LogP contribution in [0.1, 0.15) is 20.3 Å². The van der Waals surface area contributed by atoms with Crippen molar-refractivity contribution in [2.45, 2.75) is 26.4 Å². The summed E-state index contributed by atoms with van der Waals surface area (Å²) in [7, 11) is 0. The molecule has 3 rings (SSSR count). The van der Waals surface area contributed by atoms with Crippen LogP contribution >= 0.6 is 0 Å². The number of pyridine rings is 1. The van der Waals surface area contributed by atoms with E-state index < -0.39 is 11.9 Å². The number of hydrogen-bond acceptors (Lipinski definition) is 4. The van der Waals surface area contributed by atoms with E-state index in [1.807, 2.05) is 19.9 Å². The van der Waals surface area contributed by atoms with Crippen LogP contribution in [0.4, 0.5) is 10.1 Å². The van der Waals surface area contributed by atoms with Gasteiger partial charge in [0.05, 0.1) is 12.3 Å². The van der Waals surface area contributed by atoms with Crippen molar-refractivity contribution in [2.24, 2.45) is 0 Å². The van der Waals surface area contributed by atoms with Crippen LogP contribution in [-0.2, 0) is 4.79 Å². The Bertz CT molecular complexity index is 946. The summed E-state index contributed by atoms with van der Waals surface area (Å²) in [6.07, 6.45) is 1.25. The summed E-state index contributed by atoms with van der Waals surface area (Å²) in [4.78, 5) is 17.1. The summed E-state index contributed by atoms with van der Waals surface area (Å²) >= 11 is 0. The molecular weight excluding hydrogens is 347 g/mol. The number of halogens is 1. The van der Waals surface area contributed by atoms with Gasteiger partial charge in [0.1, 0.15) is 11.3 Å². The number of aromatic nitrogens is 1. The van der Waals surface area contributed by atoms with Crippen LogP contribution in [0, 0.1) is 5.82 Å². The zero-order valence-corrected chi connectivity index (χ0v) is 15.2. The molecule has 27 heavy (non-hydrogen) atoms. The van der Waals surface area contributed by atoms with Crippen LogP contribution in [0.15, 0.2) is 54.7 Å². The van der Waals surface area contributed by atoms with Crippen LogP contribution in [0.2, 0.25) is 0 Å². The van der Waals surface area contributed by atoms with Crippen molar-refractivity contribution in [3.8, 4) is 11.5 Å². The number of carbonyl (C=O) groups is 1. The number of para-hydroxylation sites is 1. The third-order valence-electron chi connectivity index (χ3n) is 4.06. The molecule has 1 atom stereocenters. The number of anilines is 1. The van der Waals surface area contributed by atoms with E-state index in [0.717, 1.165) is 5.39 Å². The summed E-state index contributed by atoms with van der Waals surface area (Å²) in [6, 6.07) is 13.2. The van der Waals surface area contributed by atoms with E-state index in [2.05, 4.69) is 10.3 Å².